The molecule has 110 valence electrons. The lowest BCUT2D eigenvalue weighted by atomic mass is 9.80. The Morgan fingerprint density at radius 2 is 2.20 bits per heavy atom. The number of nitrogens with two attached hydrogens (primary N) is 1. The van der Waals surface area contributed by atoms with Crippen molar-refractivity contribution < 1.29 is 4.79 Å². The van der Waals surface area contributed by atoms with Crippen LogP contribution in [0.3, 0.4) is 0 Å². The van der Waals surface area contributed by atoms with Crippen LogP contribution >= 0.6 is 11.8 Å². The van der Waals surface area contributed by atoms with Crippen molar-refractivity contribution in [2.75, 3.05) is 0 Å². The van der Waals surface area contributed by atoms with E-state index in [1.165, 1.54) is 4.90 Å². The molecule has 20 heavy (non-hydrogen) atoms. The van der Waals surface area contributed by atoms with Gasteiger partial charge in [0.05, 0.1) is 5.54 Å². The van der Waals surface area contributed by atoms with Crippen LogP contribution in [-0.4, -0.2) is 27.7 Å². The minimum Gasteiger partial charge on any atom is -0.368 e. The molecular formula is C15H23N3OS. The number of thioether (sulfide) groups is 1. The zero-order chi connectivity index (χ0) is 14.6. The van der Waals surface area contributed by atoms with Gasteiger partial charge in [0.1, 0.15) is 0 Å². The summed E-state index contributed by atoms with van der Waals surface area (Å²) in [5.41, 5.74) is 5.14. The third-order valence-electron chi connectivity index (χ3n) is 3.69. The van der Waals surface area contributed by atoms with Crippen molar-refractivity contribution in [2.45, 2.75) is 61.3 Å². The molecule has 0 aliphatic heterocycles. The van der Waals surface area contributed by atoms with Gasteiger partial charge in [-0.3, -0.25) is 9.78 Å². The van der Waals surface area contributed by atoms with Gasteiger partial charge in [-0.05, 0) is 51.7 Å². The van der Waals surface area contributed by atoms with Crippen molar-refractivity contribution in [1.82, 2.24) is 10.3 Å². The SMILES string of the molecule is CC(C)NC1(C(N)=O)CCCC(Sc2ccncc2)C1. The molecule has 0 aromatic carbocycles. The standard InChI is InChI=1S/C15H23N3OS/c1-11(2)18-15(14(16)19)7-3-4-13(10-15)20-12-5-8-17-9-6-12/h5-6,8-9,11,13,18H,3-4,7,10H2,1-2H3,(H2,16,19). The molecule has 0 saturated heterocycles. The summed E-state index contributed by atoms with van der Waals surface area (Å²) in [6.45, 7) is 4.12. The lowest BCUT2D eigenvalue weighted by Crippen LogP contribution is -2.60. The molecule has 0 spiro atoms. The van der Waals surface area contributed by atoms with Gasteiger partial charge in [-0.1, -0.05) is 0 Å². The van der Waals surface area contributed by atoms with Crippen molar-refractivity contribution in [3.05, 3.63) is 24.5 Å². The summed E-state index contributed by atoms with van der Waals surface area (Å²) in [5.74, 6) is -0.216. The van der Waals surface area contributed by atoms with E-state index in [4.69, 9.17) is 5.73 Å². The third kappa shape index (κ3) is 3.73. The molecule has 1 heterocycles. The van der Waals surface area contributed by atoms with E-state index in [0.29, 0.717) is 5.25 Å². The third-order valence-corrected chi connectivity index (χ3v) is 4.97. The average Bonchev–Trinajstić information content (AvgIpc) is 2.39. The highest BCUT2D eigenvalue weighted by molar-refractivity contribution is 8.00. The molecule has 1 saturated carbocycles. The zero-order valence-corrected chi connectivity index (χ0v) is 13.0. The van der Waals surface area contributed by atoms with Gasteiger partial charge in [-0.25, -0.2) is 0 Å². The number of primary amides is 1. The molecule has 1 aliphatic carbocycles. The Kier molecular flexibility index (Phi) is 5.05. The fourth-order valence-electron chi connectivity index (χ4n) is 2.91. The van der Waals surface area contributed by atoms with E-state index in [9.17, 15) is 4.79 Å². The van der Waals surface area contributed by atoms with Crippen LogP contribution in [0.15, 0.2) is 29.4 Å². The maximum absolute atomic E-state index is 12.0. The van der Waals surface area contributed by atoms with E-state index in [0.717, 1.165) is 25.7 Å². The summed E-state index contributed by atoms with van der Waals surface area (Å²) in [6, 6.07) is 4.29. The number of hydrogen-bond acceptors (Lipinski definition) is 4. The Morgan fingerprint density at radius 3 is 2.80 bits per heavy atom. The number of rotatable bonds is 5. The van der Waals surface area contributed by atoms with Crippen LogP contribution in [-0.2, 0) is 4.79 Å². The first-order chi connectivity index (χ1) is 9.52. The molecule has 0 bridgehead atoms. The Balaban J connectivity index is 2.08. The van der Waals surface area contributed by atoms with Crippen molar-refractivity contribution >= 4 is 17.7 Å². The number of hydrogen-bond donors (Lipinski definition) is 2. The molecular weight excluding hydrogens is 270 g/mol. The van der Waals surface area contributed by atoms with E-state index < -0.39 is 5.54 Å². The van der Waals surface area contributed by atoms with E-state index in [1.54, 1.807) is 12.4 Å². The second-order valence-electron chi connectivity index (χ2n) is 5.76. The number of aromatic nitrogens is 1. The predicted molar refractivity (Wildman–Crippen MR) is 82.5 cm³/mol. The summed E-state index contributed by atoms with van der Waals surface area (Å²) in [4.78, 5) is 17.2. The zero-order valence-electron chi connectivity index (χ0n) is 12.1. The number of amides is 1. The second-order valence-corrected chi connectivity index (χ2v) is 7.14. The Labute approximate surface area is 124 Å². The fraction of sp³-hybridized carbons (Fsp3) is 0.600. The second kappa shape index (κ2) is 6.59. The maximum atomic E-state index is 12.0. The summed E-state index contributed by atoms with van der Waals surface area (Å²) >= 11 is 1.82. The van der Waals surface area contributed by atoms with Crippen LogP contribution < -0.4 is 11.1 Å². The normalized spacial score (nSPS) is 26.6. The molecule has 4 nitrogen and oxygen atoms in total. The van der Waals surface area contributed by atoms with Gasteiger partial charge >= 0.3 is 0 Å². The first-order valence-corrected chi connectivity index (χ1v) is 8.04. The molecule has 1 aromatic heterocycles. The molecule has 2 atom stereocenters. The molecule has 2 unspecified atom stereocenters. The summed E-state index contributed by atoms with van der Waals surface area (Å²) in [5, 5.41) is 3.83. The minimum absolute atomic E-state index is 0.216. The van der Waals surface area contributed by atoms with Gasteiger partial charge < -0.3 is 11.1 Å². The van der Waals surface area contributed by atoms with Crippen molar-refractivity contribution in [2.24, 2.45) is 5.73 Å². The van der Waals surface area contributed by atoms with E-state index in [-0.39, 0.29) is 11.9 Å². The van der Waals surface area contributed by atoms with Crippen LogP contribution in [0.5, 0.6) is 0 Å². The lowest BCUT2D eigenvalue weighted by Gasteiger charge is -2.40. The number of nitrogens with one attached hydrogen (secondary N) is 1. The topological polar surface area (TPSA) is 68.0 Å². The number of carbonyl (C=O) groups is 1. The van der Waals surface area contributed by atoms with Gasteiger partial charge in [-0.15, -0.1) is 11.8 Å². The summed E-state index contributed by atoms with van der Waals surface area (Å²) in [7, 11) is 0. The number of carbonyl (C=O) groups excluding carboxylic acids is 1. The Morgan fingerprint density at radius 1 is 1.50 bits per heavy atom. The van der Waals surface area contributed by atoms with Crippen LogP contribution in [0, 0.1) is 0 Å². The van der Waals surface area contributed by atoms with Crippen molar-refractivity contribution in [3.63, 3.8) is 0 Å². The van der Waals surface area contributed by atoms with Crippen molar-refractivity contribution in [1.29, 1.82) is 0 Å². The van der Waals surface area contributed by atoms with Gasteiger partial charge in [-0.2, -0.15) is 0 Å². The predicted octanol–water partition coefficient (Wildman–Crippen LogP) is 2.34. The van der Waals surface area contributed by atoms with Gasteiger partial charge in [0.2, 0.25) is 5.91 Å². The summed E-state index contributed by atoms with van der Waals surface area (Å²) in [6.07, 6.45) is 7.41. The molecule has 1 fully saturated rings. The molecule has 3 N–H and O–H groups in total. The average molecular weight is 293 g/mol. The van der Waals surface area contributed by atoms with Crippen LogP contribution in [0.1, 0.15) is 39.5 Å². The monoisotopic (exact) mass is 293 g/mol. The van der Waals surface area contributed by atoms with E-state index >= 15 is 0 Å². The van der Waals surface area contributed by atoms with Gasteiger partial charge in [0.25, 0.3) is 0 Å². The molecule has 1 aromatic rings. The highest BCUT2D eigenvalue weighted by Crippen LogP contribution is 2.38. The van der Waals surface area contributed by atoms with Crippen LogP contribution in [0.4, 0.5) is 0 Å². The quantitative estimate of drug-likeness (QED) is 0.874. The minimum atomic E-state index is -0.545. The molecule has 1 amide bonds. The van der Waals surface area contributed by atoms with Crippen molar-refractivity contribution in [3.8, 4) is 0 Å². The number of nitrogens with zero attached hydrogens (tertiary/aromatic N) is 1. The van der Waals surface area contributed by atoms with Crippen LogP contribution in [0.25, 0.3) is 0 Å². The lowest BCUT2D eigenvalue weighted by molar-refractivity contribution is -0.126. The molecule has 1 aliphatic rings. The first kappa shape index (κ1) is 15.3. The van der Waals surface area contributed by atoms with E-state index in [2.05, 4.69) is 24.1 Å². The number of pyridine rings is 1. The summed E-state index contributed by atoms with van der Waals surface area (Å²) < 4.78 is 0. The molecule has 0 radical (unpaired) electrons. The van der Waals surface area contributed by atoms with Crippen LogP contribution in [0.2, 0.25) is 0 Å². The van der Waals surface area contributed by atoms with E-state index in [1.807, 2.05) is 23.9 Å². The highest BCUT2D eigenvalue weighted by atomic mass is 32.2. The smallest absolute Gasteiger partial charge is 0.237 e. The Bertz CT molecular complexity index is 452. The first-order valence-electron chi connectivity index (χ1n) is 7.16. The molecule has 5 heteroatoms. The van der Waals surface area contributed by atoms with Gasteiger partial charge in [0.15, 0.2) is 0 Å². The largest absolute Gasteiger partial charge is 0.368 e. The maximum Gasteiger partial charge on any atom is 0.237 e. The molecule has 2 rings (SSSR count). The fourth-order valence-corrected chi connectivity index (χ4v) is 4.23. The van der Waals surface area contributed by atoms with Gasteiger partial charge in [0, 0.05) is 28.6 Å². The highest BCUT2D eigenvalue weighted by Gasteiger charge is 2.41. The Hall–Kier alpha value is -1.07.